The number of nitrogens with zero attached hydrogens (tertiary/aromatic N) is 3. The summed E-state index contributed by atoms with van der Waals surface area (Å²) in [5.74, 6) is -2.20. The zero-order valence-corrected chi connectivity index (χ0v) is 11.2. The first-order valence-electron chi connectivity index (χ1n) is 5.73. The lowest BCUT2D eigenvalue weighted by atomic mass is 10.3. The van der Waals surface area contributed by atoms with Crippen molar-refractivity contribution < 1.29 is 17.2 Å². The summed E-state index contributed by atoms with van der Waals surface area (Å²) >= 11 is 0. The first kappa shape index (κ1) is 13.4. The third-order valence-electron chi connectivity index (χ3n) is 2.75. The van der Waals surface area contributed by atoms with Crippen molar-refractivity contribution in [3.63, 3.8) is 0 Å². The molecule has 0 spiro atoms. The number of rotatable bonds is 3. The van der Waals surface area contributed by atoms with Crippen LogP contribution < -0.4 is 4.72 Å². The van der Waals surface area contributed by atoms with E-state index >= 15 is 0 Å². The van der Waals surface area contributed by atoms with E-state index < -0.39 is 21.7 Å². The Hall–Kier alpha value is -2.55. The fourth-order valence-electron chi connectivity index (χ4n) is 1.81. The van der Waals surface area contributed by atoms with Crippen LogP contribution in [-0.2, 0) is 10.0 Å². The van der Waals surface area contributed by atoms with Crippen molar-refractivity contribution in [1.82, 2.24) is 14.6 Å². The molecule has 2 aromatic heterocycles. The van der Waals surface area contributed by atoms with Gasteiger partial charge in [-0.25, -0.2) is 17.2 Å². The van der Waals surface area contributed by atoms with E-state index in [1.807, 2.05) is 0 Å². The Bertz CT molecular complexity index is 924. The molecule has 0 atom stereocenters. The van der Waals surface area contributed by atoms with Gasteiger partial charge in [0.05, 0.1) is 5.69 Å². The van der Waals surface area contributed by atoms with Crippen LogP contribution >= 0.6 is 0 Å². The van der Waals surface area contributed by atoms with Crippen molar-refractivity contribution in [1.29, 1.82) is 0 Å². The molecule has 9 heteroatoms. The highest BCUT2D eigenvalue weighted by Gasteiger charge is 2.19. The second kappa shape index (κ2) is 4.77. The molecule has 1 N–H and O–H groups in total. The van der Waals surface area contributed by atoms with Gasteiger partial charge in [0, 0.05) is 12.3 Å². The van der Waals surface area contributed by atoms with Gasteiger partial charge in [-0.3, -0.25) is 9.12 Å². The third kappa shape index (κ3) is 2.42. The Morgan fingerprint density at radius 2 is 1.95 bits per heavy atom. The fraction of sp³-hybridized carbons (Fsp3) is 0. The van der Waals surface area contributed by atoms with Gasteiger partial charge in [0.25, 0.3) is 10.0 Å². The molecule has 0 amide bonds. The molecule has 0 bridgehead atoms. The van der Waals surface area contributed by atoms with Gasteiger partial charge in [0.15, 0.2) is 17.3 Å². The first-order chi connectivity index (χ1) is 9.97. The van der Waals surface area contributed by atoms with Crippen molar-refractivity contribution >= 4 is 21.4 Å². The monoisotopic (exact) mass is 310 g/mol. The van der Waals surface area contributed by atoms with Crippen LogP contribution in [-0.4, -0.2) is 23.0 Å². The molecule has 108 valence electrons. The number of pyridine rings is 1. The summed E-state index contributed by atoms with van der Waals surface area (Å²) in [6.07, 6.45) is 2.94. The van der Waals surface area contributed by atoms with Crippen molar-refractivity contribution in [2.24, 2.45) is 0 Å². The summed E-state index contributed by atoms with van der Waals surface area (Å²) in [5, 5.41) is 7.34. The lowest BCUT2D eigenvalue weighted by Gasteiger charge is -2.08. The normalized spacial score (nSPS) is 11.7. The molecule has 2 heterocycles. The summed E-state index contributed by atoms with van der Waals surface area (Å²) in [4.78, 5) is -0.118. The van der Waals surface area contributed by atoms with Crippen LogP contribution in [0, 0.1) is 11.6 Å². The molecular weight excluding hydrogens is 302 g/mol. The van der Waals surface area contributed by atoms with Crippen molar-refractivity contribution in [3.05, 3.63) is 54.5 Å². The van der Waals surface area contributed by atoms with Gasteiger partial charge in [-0.15, -0.1) is 10.2 Å². The number of anilines is 1. The summed E-state index contributed by atoms with van der Waals surface area (Å²) in [6, 6.07) is 5.57. The number of sulfonamides is 1. The Balaban J connectivity index is 2.04. The maximum absolute atomic E-state index is 13.1. The highest BCUT2D eigenvalue weighted by Crippen LogP contribution is 2.20. The van der Waals surface area contributed by atoms with Crippen LogP contribution in [0.2, 0.25) is 0 Å². The second-order valence-electron chi connectivity index (χ2n) is 4.17. The fourth-order valence-corrected chi connectivity index (χ4v) is 3.00. The summed E-state index contributed by atoms with van der Waals surface area (Å²) in [5.41, 5.74) is 0.0444. The summed E-state index contributed by atoms with van der Waals surface area (Å²) in [6.45, 7) is 0. The van der Waals surface area contributed by atoms with Crippen LogP contribution in [0.15, 0.2) is 47.8 Å². The average molecular weight is 310 g/mol. The molecule has 0 saturated carbocycles. The highest BCUT2D eigenvalue weighted by atomic mass is 32.2. The molecule has 21 heavy (non-hydrogen) atoms. The van der Waals surface area contributed by atoms with E-state index in [1.54, 1.807) is 6.20 Å². The topological polar surface area (TPSA) is 76.4 Å². The minimum atomic E-state index is -4.00. The smallest absolute Gasteiger partial charge is 0.265 e. The van der Waals surface area contributed by atoms with E-state index in [0.29, 0.717) is 0 Å². The van der Waals surface area contributed by atoms with Crippen LogP contribution in [0.1, 0.15) is 0 Å². The van der Waals surface area contributed by atoms with E-state index in [-0.39, 0.29) is 16.2 Å². The zero-order valence-electron chi connectivity index (χ0n) is 10.4. The third-order valence-corrected chi connectivity index (χ3v) is 4.15. The molecule has 0 aliphatic rings. The molecule has 0 radical (unpaired) electrons. The number of aromatic nitrogens is 3. The summed E-state index contributed by atoms with van der Waals surface area (Å²) < 4.78 is 54.2. The van der Waals surface area contributed by atoms with Crippen LogP contribution in [0.4, 0.5) is 14.5 Å². The number of benzene rings is 1. The van der Waals surface area contributed by atoms with Crippen molar-refractivity contribution in [3.8, 4) is 0 Å². The lowest BCUT2D eigenvalue weighted by Crippen LogP contribution is -2.14. The number of hydrogen-bond acceptors (Lipinski definition) is 4. The van der Waals surface area contributed by atoms with E-state index in [0.717, 1.165) is 18.2 Å². The van der Waals surface area contributed by atoms with Gasteiger partial charge in [0.2, 0.25) is 0 Å². The van der Waals surface area contributed by atoms with Gasteiger partial charge in [-0.1, -0.05) is 0 Å². The number of hydrogen-bond donors (Lipinski definition) is 1. The molecule has 3 aromatic rings. The van der Waals surface area contributed by atoms with E-state index in [2.05, 4.69) is 14.9 Å². The molecule has 3 rings (SSSR count). The van der Waals surface area contributed by atoms with Crippen LogP contribution in [0.25, 0.3) is 5.65 Å². The predicted octanol–water partition coefficient (Wildman–Crippen LogP) is 1.81. The van der Waals surface area contributed by atoms with Crippen molar-refractivity contribution in [2.75, 3.05) is 4.72 Å². The Morgan fingerprint density at radius 3 is 2.71 bits per heavy atom. The quantitative estimate of drug-likeness (QED) is 0.800. The van der Waals surface area contributed by atoms with E-state index in [9.17, 15) is 17.2 Å². The number of fused-ring (bicyclic) bond motifs is 1. The average Bonchev–Trinajstić information content (AvgIpc) is 2.90. The first-order valence-corrected chi connectivity index (χ1v) is 7.22. The molecule has 0 aliphatic carbocycles. The van der Waals surface area contributed by atoms with Crippen LogP contribution in [0.5, 0.6) is 0 Å². The van der Waals surface area contributed by atoms with Crippen LogP contribution in [0.3, 0.4) is 0 Å². The Labute approximate surface area is 118 Å². The number of nitrogens with one attached hydrogen (secondary N) is 1. The van der Waals surface area contributed by atoms with Gasteiger partial charge in [-0.2, -0.15) is 0 Å². The number of halogens is 2. The van der Waals surface area contributed by atoms with Gasteiger partial charge in [-0.05, 0) is 24.3 Å². The maximum Gasteiger partial charge on any atom is 0.265 e. The molecule has 1 aromatic carbocycles. The van der Waals surface area contributed by atoms with E-state index in [1.165, 1.54) is 22.9 Å². The van der Waals surface area contributed by atoms with Gasteiger partial charge < -0.3 is 0 Å². The largest absolute Gasteiger partial charge is 0.288 e. The standard InChI is InChI=1S/C12H8F2N4O2S/c13-9-4-3-8(6-10(9)14)17-21(19,20)11-2-1-5-18-7-15-16-12(11)18/h1-7,17H. The second-order valence-corrected chi connectivity index (χ2v) is 5.82. The SMILES string of the molecule is O=S(=O)(Nc1ccc(F)c(F)c1)c1cccn2cnnc12. The maximum atomic E-state index is 13.1. The highest BCUT2D eigenvalue weighted by molar-refractivity contribution is 7.93. The molecule has 0 unspecified atom stereocenters. The van der Waals surface area contributed by atoms with E-state index in [4.69, 9.17) is 0 Å². The van der Waals surface area contributed by atoms with Gasteiger partial charge >= 0.3 is 0 Å². The molecule has 0 aliphatic heterocycles. The molecular formula is C12H8F2N4O2S. The molecule has 0 fully saturated rings. The minimum Gasteiger partial charge on any atom is -0.288 e. The molecule has 0 saturated heterocycles. The summed E-state index contributed by atoms with van der Waals surface area (Å²) in [7, 11) is -4.00. The van der Waals surface area contributed by atoms with Gasteiger partial charge in [0.1, 0.15) is 11.2 Å². The zero-order chi connectivity index (χ0) is 15.0. The van der Waals surface area contributed by atoms with Crippen molar-refractivity contribution in [2.45, 2.75) is 4.90 Å². The predicted molar refractivity (Wildman–Crippen MR) is 70.2 cm³/mol. The molecule has 6 nitrogen and oxygen atoms in total. The Morgan fingerprint density at radius 1 is 1.14 bits per heavy atom. The minimum absolute atomic E-state index is 0.0876. The Kier molecular flexibility index (Phi) is 3.05. The lowest BCUT2D eigenvalue weighted by molar-refractivity contribution is 0.509.